The Labute approximate surface area is 115 Å². The van der Waals surface area contributed by atoms with Crippen LogP contribution in [0, 0.1) is 5.82 Å². The van der Waals surface area contributed by atoms with Gasteiger partial charge in [0.1, 0.15) is 5.82 Å². The summed E-state index contributed by atoms with van der Waals surface area (Å²) in [7, 11) is 0. The van der Waals surface area contributed by atoms with Crippen molar-refractivity contribution in [3.63, 3.8) is 0 Å². The molecule has 2 rings (SSSR count). The fourth-order valence-electron chi connectivity index (χ4n) is 1.84. The van der Waals surface area contributed by atoms with E-state index in [-0.39, 0.29) is 11.9 Å². The lowest BCUT2D eigenvalue weighted by Gasteiger charge is -2.13. The van der Waals surface area contributed by atoms with Crippen LogP contribution in [-0.2, 0) is 0 Å². The highest BCUT2D eigenvalue weighted by atomic mass is 35.5. The Balaban J connectivity index is 2.61. The van der Waals surface area contributed by atoms with E-state index >= 15 is 0 Å². The highest BCUT2D eigenvalue weighted by Crippen LogP contribution is 2.32. The molecule has 0 aliphatic rings. The van der Waals surface area contributed by atoms with Gasteiger partial charge >= 0.3 is 0 Å². The van der Waals surface area contributed by atoms with Gasteiger partial charge < -0.3 is 5.73 Å². The molecular weight excluding hydrogens is 272 g/mol. The van der Waals surface area contributed by atoms with Crippen molar-refractivity contribution in [2.75, 3.05) is 0 Å². The fraction of sp³-hybridized carbons (Fsp3) is 0.143. The van der Waals surface area contributed by atoms with Crippen LogP contribution in [0.25, 0.3) is 11.1 Å². The van der Waals surface area contributed by atoms with Crippen LogP contribution in [0.3, 0.4) is 0 Å². The summed E-state index contributed by atoms with van der Waals surface area (Å²) in [5.41, 5.74) is 8.30. The van der Waals surface area contributed by atoms with E-state index in [1.54, 1.807) is 24.3 Å². The molecule has 2 N–H and O–H groups in total. The molecule has 0 bridgehead atoms. The van der Waals surface area contributed by atoms with E-state index < -0.39 is 0 Å². The zero-order valence-corrected chi connectivity index (χ0v) is 11.3. The Morgan fingerprint density at radius 2 is 1.78 bits per heavy atom. The molecule has 1 atom stereocenters. The predicted octanol–water partition coefficient (Wildman–Crippen LogP) is 4.82. The van der Waals surface area contributed by atoms with Gasteiger partial charge in [-0.15, -0.1) is 0 Å². The van der Waals surface area contributed by atoms with Crippen LogP contribution < -0.4 is 5.73 Å². The maximum absolute atomic E-state index is 13.4. The van der Waals surface area contributed by atoms with E-state index in [1.807, 2.05) is 6.92 Å². The summed E-state index contributed by atoms with van der Waals surface area (Å²) >= 11 is 11.8. The van der Waals surface area contributed by atoms with Crippen LogP contribution in [0.2, 0.25) is 10.0 Å². The summed E-state index contributed by atoms with van der Waals surface area (Å²) in [5, 5.41) is 0.910. The summed E-state index contributed by atoms with van der Waals surface area (Å²) in [6, 6.07) is 9.57. The average molecular weight is 284 g/mol. The molecule has 0 radical (unpaired) electrons. The number of hydrogen-bond acceptors (Lipinski definition) is 1. The van der Waals surface area contributed by atoms with Gasteiger partial charge in [0.05, 0.1) is 10.0 Å². The second-order valence-electron chi connectivity index (χ2n) is 4.15. The highest BCUT2D eigenvalue weighted by molar-refractivity contribution is 6.42. The van der Waals surface area contributed by atoms with Crippen molar-refractivity contribution in [2.24, 2.45) is 5.73 Å². The van der Waals surface area contributed by atoms with E-state index in [4.69, 9.17) is 28.9 Å². The van der Waals surface area contributed by atoms with E-state index in [2.05, 4.69) is 0 Å². The molecule has 4 heteroatoms. The summed E-state index contributed by atoms with van der Waals surface area (Å²) in [6.45, 7) is 1.86. The monoisotopic (exact) mass is 283 g/mol. The normalized spacial score (nSPS) is 12.5. The van der Waals surface area contributed by atoms with Crippen LogP contribution in [0.15, 0.2) is 36.4 Å². The lowest BCUT2D eigenvalue weighted by molar-refractivity contribution is 0.626. The van der Waals surface area contributed by atoms with Gasteiger partial charge in [0.25, 0.3) is 0 Å². The van der Waals surface area contributed by atoms with Gasteiger partial charge in [-0.25, -0.2) is 4.39 Å². The lowest BCUT2D eigenvalue weighted by Crippen LogP contribution is -2.07. The number of hydrogen-bond donors (Lipinski definition) is 1. The van der Waals surface area contributed by atoms with Crippen molar-refractivity contribution >= 4 is 23.2 Å². The molecule has 0 aromatic heterocycles. The summed E-state index contributed by atoms with van der Waals surface area (Å²) in [5.74, 6) is -0.305. The Hall–Kier alpha value is -1.09. The molecule has 0 fully saturated rings. The first kappa shape index (κ1) is 13.3. The fourth-order valence-corrected chi connectivity index (χ4v) is 2.14. The summed E-state index contributed by atoms with van der Waals surface area (Å²) in [4.78, 5) is 0. The third-order valence-corrected chi connectivity index (χ3v) is 3.48. The molecule has 1 unspecified atom stereocenters. The molecule has 0 heterocycles. The van der Waals surface area contributed by atoms with Gasteiger partial charge in [-0.2, -0.15) is 0 Å². The topological polar surface area (TPSA) is 26.0 Å². The molecule has 0 saturated heterocycles. The first-order chi connectivity index (χ1) is 8.49. The standard InChI is InChI=1S/C14H12Cl2FN/c1-8(18)11-4-3-10(17)7-12(11)9-2-5-13(15)14(16)6-9/h2-8H,18H2,1H3. The molecule has 2 aromatic carbocycles. The van der Waals surface area contributed by atoms with Gasteiger partial charge in [0.2, 0.25) is 0 Å². The third kappa shape index (κ3) is 2.66. The van der Waals surface area contributed by atoms with Crippen LogP contribution in [-0.4, -0.2) is 0 Å². The zero-order valence-electron chi connectivity index (χ0n) is 9.75. The van der Waals surface area contributed by atoms with Crippen LogP contribution in [0.1, 0.15) is 18.5 Å². The van der Waals surface area contributed by atoms with Crippen molar-refractivity contribution in [3.8, 4) is 11.1 Å². The third-order valence-electron chi connectivity index (χ3n) is 2.74. The minimum Gasteiger partial charge on any atom is -0.324 e. The highest BCUT2D eigenvalue weighted by Gasteiger charge is 2.11. The van der Waals surface area contributed by atoms with Crippen LogP contribution in [0.4, 0.5) is 4.39 Å². The van der Waals surface area contributed by atoms with E-state index in [0.717, 1.165) is 16.7 Å². The summed E-state index contributed by atoms with van der Waals surface area (Å²) < 4.78 is 13.4. The number of nitrogens with two attached hydrogens (primary N) is 1. The maximum atomic E-state index is 13.4. The molecular formula is C14H12Cl2FN. The molecule has 0 aliphatic carbocycles. The van der Waals surface area contributed by atoms with E-state index in [1.165, 1.54) is 12.1 Å². The number of rotatable bonds is 2. The van der Waals surface area contributed by atoms with Gasteiger partial charge in [-0.1, -0.05) is 35.3 Å². The Kier molecular flexibility index (Phi) is 3.91. The first-order valence-electron chi connectivity index (χ1n) is 5.49. The Morgan fingerprint density at radius 3 is 2.39 bits per heavy atom. The van der Waals surface area contributed by atoms with Crippen molar-refractivity contribution < 1.29 is 4.39 Å². The minimum absolute atomic E-state index is 0.185. The van der Waals surface area contributed by atoms with Crippen LogP contribution >= 0.6 is 23.2 Å². The largest absolute Gasteiger partial charge is 0.324 e. The minimum atomic E-state index is -0.305. The molecule has 0 aliphatic heterocycles. The van der Waals surface area contributed by atoms with Gasteiger partial charge in [-0.3, -0.25) is 0 Å². The quantitative estimate of drug-likeness (QED) is 0.840. The predicted molar refractivity (Wildman–Crippen MR) is 74.5 cm³/mol. The molecule has 2 aromatic rings. The second-order valence-corrected chi connectivity index (χ2v) is 4.96. The average Bonchev–Trinajstić information content (AvgIpc) is 2.32. The van der Waals surface area contributed by atoms with Crippen LogP contribution in [0.5, 0.6) is 0 Å². The van der Waals surface area contributed by atoms with Crippen molar-refractivity contribution in [2.45, 2.75) is 13.0 Å². The van der Waals surface area contributed by atoms with Crippen molar-refractivity contribution in [3.05, 3.63) is 57.8 Å². The first-order valence-corrected chi connectivity index (χ1v) is 6.25. The molecule has 0 amide bonds. The summed E-state index contributed by atoms with van der Waals surface area (Å²) in [6.07, 6.45) is 0. The number of benzene rings is 2. The second kappa shape index (κ2) is 5.27. The smallest absolute Gasteiger partial charge is 0.123 e. The molecule has 1 nitrogen and oxygen atoms in total. The number of halogens is 3. The lowest BCUT2D eigenvalue weighted by atomic mass is 9.96. The van der Waals surface area contributed by atoms with Gasteiger partial charge in [0.15, 0.2) is 0 Å². The Morgan fingerprint density at radius 1 is 1.06 bits per heavy atom. The zero-order chi connectivity index (χ0) is 13.3. The molecule has 18 heavy (non-hydrogen) atoms. The Bertz CT molecular complexity index is 582. The van der Waals surface area contributed by atoms with Crippen molar-refractivity contribution in [1.29, 1.82) is 0 Å². The molecule has 94 valence electrons. The van der Waals surface area contributed by atoms with E-state index in [9.17, 15) is 4.39 Å². The van der Waals surface area contributed by atoms with Crippen molar-refractivity contribution in [1.82, 2.24) is 0 Å². The molecule has 0 spiro atoms. The SMILES string of the molecule is CC(N)c1ccc(F)cc1-c1ccc(Cl)c(Cl)c1. The van der Waals surface area contributed by atoms with E-state index in [0.29, 0.717) is 10.0 Å². The van der Waals surface area contributed by atoms with Gasteiger partial charge in [0, 0.05) is 6.04 Å². The maximum Gasteiger partial charge on any atom is 0.123 e. The molecule has 0 saturated carbocycles. The van der Waals surface area contributed by atoms with Gasteiger partial charge in [-0.05, 0) is 47.9 Å².